The summed E-state index contributed by atoms with van der Waals surface area (Å²) >= 11 is 0. The average Bonchev–Trinajstić information content (AvgIpc) is 2.38. The molecule has 1 N–H and O–H groups in total. The minimum atomic E-state index is 0.549. The van der Waals surface area contributed by atoms with Crippen LogP contribution in [0.4, 0.5) is 0 Å². The van der Waals surface area contributed by atoms with Crippen LogP contribution in [0.2, 0.25) is 0 Å². The van der Waals surface area contributed by atoms with E-state index >= 15 is 0 Å². The number of nitrogens with one attached hydrogen (secondary N) is 1. The zero-order chi connectivity index (χ0) is 12.1. The molecule has 17 heavy (non-hydrogen) atoms. The van der Waals surface area contributed by atoms with Gasteiger partial charge in [0.15, 0.2) is 0 Å². The van der Waals surface area contributed by atoms with E-state index in [1.165, 1.54) is 16.3 Å². The molecule has 1 unspecified atom stereocenters. The number of rotatable bonds is 5. The molecule has 90 valence electrons. The van der Waals surface area contributed by atoms with E-state index in [1.807, 2.05) is 12.4 Å². The number of fused-ring (bicyclic) bond motifs is 1. The second-order valence-electron chi connectivity index (χ2n) is 4.49. The van der Waals surface area contributed by atoms with Gasteiger partial charge in [-0.15, -0.1) is 0 Å². The highest BCUT2D eigenvalue weighted by Gasteiger charge is 2.09. The second-order valence-corrected chi connectivity index (χ2v) is 4.49. The smallest absolute Gasteiger partial charge is 0.0346 e. The average molecular weight is 228 g/mol. The lowest BCUT2D eigenvalue weighted by atomic mass is 9.94. The lowest BCUT2D eigenvalue weighted by Crippen LogP contribution is -2.16. The Morgan fingerprint density at radius 3 is 2.88 bits per heavy atom. The van der Waals surface area contributed by atoms with Gasteiger partial charge in [0.05, 0.1) is 0 Å². The fraction of sp³-hybridized carbons (Fsp3) is 0.400. The molecule has 1 aromatic heterocycles. The van der Waals surface area contributed by atoms with Crippen LogP contribution in [0, 0.1) is 0 Å². The molecular formula is C15H20N2. The van der Waals surface area contributed by atoms with Crippen molar-refractivity contribution in [3.05, 3.63) is 42.2 Å². The molecule has 0 aliphatic rings. The molecule has 0 radical (unpaired) electrons. The maximum atomic E-state index is 4.34. The van der Waals surface area contributed by atoms with E-state index in [4.69, 9.17) is 0 Å². The Morgan fingerprint density at radius 1 is 1.24 bits per heavy atom. The highest BCUT2D eigenvalue weighted by molar-refractivity contribution is 5.85. The molecule has 0 fully saturated rings. The van der Waals surface area contributed by atoms with Crippen molar-refractivity contribution in [1.29, 1.82) is 0 Å². The van der Waals surface area contributed by atoms with E-state index in [2.05, 4.69) is 48.4 Å². The standard InChI is InChI=1S/C15H20N2/c1-3-16-9-8-12(2)15-11-17-10-13-6-4-5-7-14(13)15/h4-7,10-12,16H,3,8-9H2,1-2H3. The van der Waals surface area contributed by atoms with Crippen molar-refractivity contribution < 1.29 is 0 Å². The first kappa shape index (κ1) is 12.1. The summed E-state index contributed by atoms with van der Waals surface area (Å²) in [6.07, 6.45) is 5.11. The maximum absolute atomic E-state index is 4.34. The Labute approximate surface area is 103 Å². The summed E-state index contributed by atoms with van der Waals surface area (Å²) in [5.74, 6) is 0.549. The van der Waals surface area contributed by atoms with Gasteiger partial charge in [-0.3, -0.25) is 4.98 Å². The van der Waals surface area contributed by atoms with Gasteiger partial charge in [-0.25, -0.2) is 0 Å². The molecule has 0 spiro atoms. The number of benzene rings is 1. The molecule has 0 aliphatic heterocycles. The summed E-state index contributed by atoms with van der Waals surface area (Å²) in [4.78, 5) is 4.34. The predicted molar refractivity (Wildman–Crippen MR) is 73.3 cm³/mol. The van der Waals surface area contributed by atoms with Gasteiger partial charge in [-0.2, -0.15) is 0 Å². The molecule has 1 aromatic carbocycles. The van der Waals surface area contributed by atoms with Gasteiger partial charge in [0, 0.05) is 17.8 Å². The van der Waals surface area contributed by atoms with Crippen LogP contribution in [-0.2, 0) is 0 Å². The third kappa shape index (κ3) is 2.83. The summed E-state index contributed by atoms with van der Waals surface area (Å²) in [6.45, 7) is 6.53. The highest BCUT2D eigenvalue weighted by atomic mass is 14.8. The summed E-state index contributed by atoms with van der Waals surface area (Å²) in [5.41, 5.74) is 1.36. The van der Waals surface area contributed by atoms with E-state index < -0.39 is 0 Å². The number of aromatic nitrogens is 1. The van der Waals surface area contributed by atoms with Gasteiger partial charge in [-0.05, 0) is 36.4 Å². The van der Waals surface area contributed by atoms with Crippen LogP contribution in [-0.4, -0.2) is 18.1 Å². The topological polar surface area (TPSA) is 24.9 Å². The van der Waals surface area contributed by atoms with Gasteiger partial charge in [-0.1, -0.05) is 38.1 Å². The number of hydrogen-bond acceptors (Lipinski definition) is 2. The first-order valence-electron chi connectivity index (χ1n) is 6.36. The van der Waals surface area contributed by atoms with Crippen LogP contribution >= 0.6 is 0 Å². The van der Waals surface area contributed by atoms with Crippen molar-refractivity contribution in [3.63, 3.8) is 0 Å². The molecule has 0 amide bonds. The van der Waals surface area contributed by atoms with Gasteiger partial charge >= 0.3 is 0 Å². The summed E-state index contributed by atoms with van der Waals surface area (Å²) in [6, 6.07) is 8.49. The Morgan fingerprint density at radius 2 is 2.06 bits per heavy atom. The Balaban J connectivity index is 2.22. The molecule has 2 rings (SSSR count). The fourth-order valence-electron chi connectivity index (χ4n) is 2.18. The molecule has 2 aromatic rings. The number of hydrogen-bond donors (Lipinski definition) is 1. The summed E-state index contributed by atoms with van der Waals surface area (Å²) in [7, 11) is 0. The van der Waals surface area contributed by atoms with Crippen LogP contribution in [0.5, 0.6) is 0 Å². The van der Waals surface area contributed by atoms with Gasteiger partial charge in [0.2, 0.25) is 0 Å². The van der Waals surface area contributed by atoms with Crippen LogP contribution in [0.1, 0.15) is 31.7 Å². The molecule has 0 bridgehead atoms. The molecule has 1 heterocycles. The predicted octanol–water partition coefficient (Wildman–Crippen LogP) is 3.34. The molecule has 0 saturated carbocycles. The van der Waals surface area contributed by atoms with Crippen molar-refractivity contribution in [2.24, 2.45) is 0 Å². The Hall–Kier alpha value is -1.41. The van der Waals surface area contributed by atoms with Gasteiger partial charge in [0.25, 0.3) is 0 Å². The lowest BCUT2D eigenvalue weighted by molar-refractivity contribution is 0.610. The van der Waals surface area contributed by atoms with E-state index in [0.717, 1.165) is 19.5 Å². The largest absolute Gasteiger partial charge is 0.317 e. The van der Waals surface area contributed by atoms with E-state index in [1.54, 1.807) is 0 Å². The second kappa shape index (κ2) is 5.78. The fourth-order valence-corrected chi connectivity index (χ4v) is 2.18. The molecule has 2 heteroatoms. The monoisotopic (exact) mass is 228 g/mol. The van der Waals surface area contributed by atoms with Crippen LogP contribution in [0.15, 0.2) is 36.7 Å². The summed E-state index contributed by atoms with van der Waals surface area (Å²) < 4.78 is 0. The molecule has 0 aliphatic carbocycles. The van der Waals surface area contributed by atoms with Crippen molar-refractivity contribution in [3.8, 4) is 0 Å². The van der Waals surface area contributed by atoms with Crippen molar-refractivity contribution in [1.82, 2.24) is 10.3 Å². The zero-order valence-corrected chi connectivity index (χ0v) is 10.6. The third-order valence-electron chi connectivity index (χ3n) is 3.23. The quantitative estimate of drug-likeness (QED) is 0.794. The highest BCUT2D eigenvalue weighted by Crippen LogP contribution is 2.26. The van der Waals surface area contributed by atoms with Gasteiger partial charge < -0.3 is 5.32 Å². The molecule has 0 saturated heterocycles. The zero-order valence-electron chi connectivity index (χ0n) is 10.6. The Bertz CT molecular complexity index is 474. The first-order chi connectivity index (χ1) is 8.33. The van der Waals surface area contributed by atoms with E-state index in [0.29, 0.717) is 5.92 Å². The lowest BCUT2D eigenvalue weighted by Gasteiger charge is -2.14. The minimum Gasteiger partial charge on any atom is -0.317 e. The Kier molecular flexibility index (Phi) is 4.10. The SMILES string of the molecule is CCNCCC(C)c1cncc2ccccc12. The minimum absolute atomic E-state index is 0.549. The normalized spacial score (nSPS) is 12.8. The maximum Gasteiger partial charge on any atom is 0.0346 e. The van der Waals surface area contributed by atoms with Crippen molar-refractivity contribution in [2.75, 3.05) is 13.1 Å². The van der Waals surface area contributed by atoms with E-state index in [-0.39, 0.29) is 0 Å². The van der Waals surface area contributed by atoms with Crippen molar-refractivity contribution in [2.45, 2.75) is 26.2 Å². The molecular weight excluding hydrogens is 208 g/mol. The van der Waals surface area contributed by atoms with E-state index in [9.17, 15) is 0 Å². The van der Waals surface area contributed by atoms with Crippen molar-refractivity contribution >= 4 is 10.8 Å². The van der Waals surface area contributed by atoms with Crippen LogP contribution < -0.4 is 5.32 Å². The number of pyridine rings is 1. The van der Waals surface area contributed by atoms with Gasteiger partial charge in [0.1, 0.15) is 0 Å². The van der Waals surface area contributed by atoms with Crippen LogP contribution in [0.3, 0.4) is 0 Å². The number of nitrogens with zero attached hydrogens (tertiary/aromatic N) is 1. The third-order valence-corrected chi connectivity index (χ3v) is 3.23. The summed E-state index contributed by atoms with van der Waals surface area (Å²) in [5, 5.41) is 5.95. The first-order valence-corrected chi connectivity index (χ1v) is 6.36. The molecule has 2 nitrogen and oxygen atoms in total. The molecule has 1 atom stereocenters. The van der Waals surface area contributed by atoms with Crippen LogP contribution in [0.25, 0.3) is 10.8 Å².